The lowest BCUT2D eigenvalue weighted by Crippen LogP contribution is -2.08. The standard InChI is InChI=1S/C14H20ClO4P/c1-4-5-10-17-20(16,18-11-12(2)3)19-14-9-7-6-8-13(14)15/h4,6-9,12H,1,5,10-11H2,2-3H3. The first-order valence-corrected chi connectivity index (χ1v) is 8.25. The van der Waals surface area contributed by atoms with Gasteiger partial charge in [-0.2, -0.15) is 0 Å². The Morgan fingerprint density at radius 3 is 2.65 bits per heavy atom. The molecule has 0 fully saturated rings. The molecule has 0 bridgehead atoms. The zero-order valence-electron chi connectivity index (χ0n) is 11.8. The van der Waals surface area contributed by atoms with E-state index in [1.165, 1.54) is 0 Å². The Morgan fingerprint density at radius 2 is 2.05 bits per heavy atom. The molecule has 0 aliphatic heterocycles. The highest BCUT2D eigenvalue weighted by atomic mass is 35.5. The van der Waals surface area contributed by atoms with Crippen molar-refractivity contribution in [3.8, 4) is 5.75 Å². The number of para-hydroxylation sites is 1. The van der Waals surface area contributed by atoms with E-state index < -0.39 is 7.82 Å². The number of phosphoric acid groups is 1. The van der Waals surface area contributed by atoms with E-state index in [0.29, 0.717) is 11.4 Å². The fourth-order valence-corrected chi connectivity index (χ4v) is 2.84. The second-order valence-corrected chi connectivity index (χ2v) is 6.57. The van der Waals surface area contributed by atoms with Crippen molar-refractivity contribution in [3.05, 3.63) is 41.9 Å². The molecule has 0 saturated carbocycles. The van der Waals surface area contributed by atoms with E-state index in [1.807, 2.05) is 13.8 Å². The van der Waals surface area contributed by atoms with E-state index >= 15 is 0 Å². The third-order valence-corrected chi connectivity index (χ3v) is 3.88. The van der Waals surface area contributed by atoms with E-state index in [0.717, 1.165) is 0 Å². The molecule has 1 rings (SSSR count). The van der Waals surface area contributed by atoms with Gasteiger partial charge in [0.1, 0.15) is 5.75 Å². The van der Waals surface area contributed by atoms with Gasteiger partial charge in [0.05, 0.1) is 18.2 Å². The van der Waals surface area contributed by atoms with Gasteiger partial charge in [-0.05, 0) is 24.5 Å². The van der Waals surface area contributed by atoms with Crippen molar-refractivity contribution >= 4 is 19.4 Å². The maximum Gasteiger partial charge on any atom is 0.530 e. The van der Waals surface area contributed by atoms with Gasteiger partial charge in [0.15, 0.2) is 0 Å². The Morgan fingerprint density at radius 1 is 1.35 bits per heavy atom. The quantitative estimate of drug-likeness (QED) is 0.361. The Labute approximate surface area is 125 Å². The monoisotopic (exact) mass is 318 g/mol. The van der Waals surface area contributed by atoms with Gasteiger partial charge < -0.3 is 4.52 Å². The summed E-state index contributed by atoms with van der Waals surface area (Å²) < 4.78 is 28.5. The molecule has 20 heavy (non-hydrogen) atoms. The molecule has 1 atom stereocenters. The molecule has 1 unspecified atom stereocenters. The summed E-state index contributed by atoms with van der Waals surface area (Å²) in [6.07, 6.45) is 2.23. The van der Waals surface area contributed by atoms with Crippen LogP contribution in [0.15, 0.2) is 36.9 Å². The first kappa shape index (κ1) is 17.3. The molecule has 0 aliphatic carbocycles. The van der Waals surface area contributed by atoms with E-state index in [9.17, 15) is 4.57 Å². The predicted octanol–water partition coefficient (Wildman–Crippen LogP) is 5.09. The van der Waals surface area contributed by atoms with Crippen molar-refractivity contribution in [2.75, 3.05) is 13.2 Å². The van der Waals surface area contributed by atoms with Crippen molar-refractivity contribution in [2.45, 2.75) is 20.3 Å². The van der Waals surface area contributed by atoms with Gasteiger partial charge in [0, 0.05) is 0 Å². The van der Waals surface area contributed by atoms with E-state index in [2.05, 4.69) is 6.58 Å². The van der Waals surface area contributed by atoms with Gasteiger partial charge in [-0.3, -0.25) is 9.05 Å². The van der Waals surface area contributed by atoms with Crippen LogP contribution in [0.3, 0.4) is 0 Å². The zero-order valence-corrected chi connectivity index (χ0v) is 13.4. The van der Waals surface area contributed by atoms with Gasteiger partial charge in [-0.1, -0.05) is 43.7 Å². The highest BCUT2D eigenvalue weighted by molar-refractivity contribution is 7.48. The second-order valence-electron chi connectivity index (χ2n) is 4.57. The van der Waals surface area contributed by atoms with Crippen molar-refractivity contribution in [2.24, 2.45) is 5.92 Å². The predicted molar refractivity (Wildman–Crippen MR) is 81.2 cm³/mol. The average molecular weight is 319 g/mol. The summed E-state index contributed by atoms with van der Waals surface area (Å²) in [5.74, 6) is 0.487. The highest BCUT2D eigenvalue weighted by Crippen LogP contribution is 2.51. The minimum atomic E-state index is -3.68. The Balaban J connectivity index is 2.78. The first-order chi connectivity index (χ1) is 9.47. The van der Waals surface area contributed by atoms with Crippen LogP contribution in [-0.4, -0.2) is 13.2 Å². The van der Waals surface area contributed by atoms with Crippen LogP contribution >= 0.6 is 19.4 Å². The molecule has 0 saturated heterocycles. The lowest BCUT2D eigenvalue weighted by Gasteiger charge is -2.19. The number of rotatable bonds is 9. The van der Waals surface area contributed by atoms with Crippen LogP contribution in [0.5, 0.6) is 5.75 Å². The minimum Gasteiger partial charge on any atom is -0.402 e. The Hall–Kier alpha value is -0.800. The molecule has 0 radical (unpaired) electrons. The van der Waals surface area contributed by atoms with E-state index in [1.54, 1.807) is 30.3 Å². The average Bonchev–Trinajstić information content (AvgIpc) is 2.40. The third kappa shape index (κ3) is 6.10. The minimum absolute atomic E-state index is 0.209. The molecular formula is C14H20ClO4P. The van der Waals surface area contributed by atoms with Gasteiger partial charge in [-0.15, -0.1) is 6.58 Å². The maximum absolute atomic E-state index is 12.6. The number of benzene rings is 1. The molecular weight excluding hydrogens is 299 g/mol. The van der Waals surface area contributed by atoms with Crippen molar-refractivity contribution in [1.82, 2.24) is 0 Å². The summed E-state index contributed by atoms with van der Waals surface area (Å²) in [7, 11) is -3.68. The third-order valence-electron chi connectivity index (χ3n) is 2.18. The molecule has 1 aromatic rings. The fourth-order valence-electron chi connectivity index (χ4n) is 1.22. The Bertz CT molecular complexity index is 476. The van der Waals surface area contributed by atoms with Gasteiger partial charge in [-0.25, -0.2) is 4.57 Å². The summed E-state index contributed by atoms with van der Waals surface area (Å²) in [5.41, 5.74) is 0. The number of hydrogen-bond donors (Lipinski definition) is 0. The van der Waals surface area contributed by atoms with E-state index in [-0.39, 0.29) is 24.9 Å². The largest absolute Gasteiger partial charge is 0.530 e. The zero-order chi connectivity index (χ0) is 15.0. The second kappa shape index (κ2) is 8.48. The summed E-state index contributed by atoms with van der Waals surface area (Å²) >= 11 is 5.98. The SMILES string of the molecule is C=CCCOP(=O)(OCC(C)C)Oc1ccccc1Cl. The van der Waals surface area contributed by atoms with Crippen LogP contribution in [0.1, 0.15) is 20.3 Å². The van der Waals surface area contributed by atoms with Crippen LogP contribution in [0, 0.1) is 5.92 Å². The molecule has 0 N–H and O–H groups in total. The molecule has 0 aliphatic rings. The summed E-state index contributed by atoms with van der Waals surface area (Å²) in [5, 5.41) is 0.355. The molecule has 0 spiro atoms. The number of halogens is 1. The van der Waals surface area contributed by atoms with Crippen LogP contribution in [0.2, 0.25) is 5.02 Å². The van der Waals surface area contributed by atoms with Crippen molar-refractivity contribution in [1.29, 1.82) is 0 Å². The molecule has 112 valence electrons. The number of hydrogen-bond acceptors (Lipinski definition) is 4. The summed E-state index contributed by atoms with van der Waals surface area (Å²) in [4.78, 5) is 0. The topological polar surface area (TPSA) is 44.8 Å². The maximum atomic E-state index is 12.6. The first-order valence-electron chi connectivity index (χ1n) is 6.41. The van der Waals surface area contributed by atoms with Crippen LogP contribution < -0.4 is 4.52 Å². The van der Waals surface area contributed by atoms with Gasteiger partial charge >= 0.3 is 7.82 Å². The van der Waals surface area contributed by atoms with E-state index in [4.69, 9.17) is 25.2 Å². The van der Waals surface area contributed by atoms with Gasteiger partial charge in [0.2, 0.25) is 0 Å². The normalized spacial score (nSPS) is 14.0. The smallest absolute Gasteiger partial charge is 0.402 e. The van der Waals surface area contributed by atoms with Crippen molar-refractivity contribution in [3.63, 3.8) is 0 Å². The molecule has 0 heterocycles. The molecule has 0 amide bonds. The van der Waals surface area contributed by atoms with Gasteiger partial charge in [0.25, 0.3) is 0 Å². The van der Waals surface area contributed by atoms with Crippen LogP contribution in [-0.2, 0) is 13.6 Å². The Kier molecular flexibility index (Phi) is 7.31. The fraction of sp³-hybridized carbons (Fsp3) is 0.429. The lowest BCUT2D eigenvalue weighted by molar-refractivity contribution is 0.144. The molecule has 4 nitrogen and oxygen atoms in total. The summed E-state index contributed by atoms with van der Waals surface area (Å²) in [6.45, 7) is 7.96. The highest BCUT2D eigenvalue weighted by Gasteiger charge is 2.29. The number of phosphoric ester groups is 1. The van der Waals surface area contributed by atoms with Crippen LogP contribution in [0.25, 0.3) is 0 Å². The molecule has 1 aromatic carbocycles. The van der Waals surface area contributed by atoms with Crippen LogP contribution in [0.4, 0.5) is 0 Å². The van der Waals surface area contributed by atoms with Crippen molar-refractivity contribution < 1.29 is 18.1 Å². The molecule has 6 heteroatoms. The summed E-state index contributed by atoms with van der Waals surface area (Å²) in [6, 6.07) is 6.75. The lowest BCUT2D eigenvalue weighted by atomic mass is 10.2. The molecule has 0 aromatic heterocycles.